The molecule has 2 saturated carbocycles. The fourth-order valence-electron chi connectivity index (χ4n) is 3.87. The fraction of sp³-hybridized carbons (Fsp3) is 0.409. The van der Waals surface area contributed by atoms with Crippen molar-refractivity contribution >= 4 is 17.2 Å². The molecule has 0 radical (unpaired) electrons. The van der Waals surface area contributed by atoms with Crippen LogP contribution in [0.3, 0.4) is 0 Å². The van der Waals surface area contributed by atoms with E-state index >= 15 is 0 Å². The fourth-order valence-corrected chi connectivity index (χ4v) is 3.87. The number of hydrogen-bond donors (Lipinski definition) is 2. The van der Waals surface area contributed by atoms with Gasteiger partial charge in [-0.05, 0) is 56.4 Å². The molecule has 1 amide bonds. The first kappa shape index (κ1) is 18.1. The van der Waals surface area contributed by atoms with Crippen molar-refractivity contribution in [2.75, 3.05) is 5.32 Å². The van der Waals surface area contributed by atoms with Gasteiger partial charge in [0, 0.05) is 35.9 Å². The molecule has 2 atom stereocenters. The van der Waals surface area contributed by atoms with Crippen molar-refractivity contribution in [2.45, 2.75) is 51.2 Å². The Morgan fingerprint density at radius 3 is 2.86 bits per heavy atom. The number of aliphatic hydroxyl groups excluding tert-OH is 1. The third-order valence-corrected chi connectivity index (χ3v) is 5.63. The standard InChI is InChI=1S/C22H24N4O3/c1-13-8-19(20(12-23-13)29-18-5-4-17(27)11-18)15-6-7-26-16(9-15)10-21(25-26)24-22(28)14-2-3-14/h6-10,12,14,17-18,27H,2-5,11H2,1H3,(H,24,25,28)/t17-,18-/m1/s1. The molecule has 7 heteroatoms. The molecule has 3 aromatic rings. The van der Waals surface area contributed by atoms with Crippen LogP contribution in [0.2, 0.25) is 0 Å². The molecule has 3 aromatic heterocycles. The number of hydrogen-bond acceptors (Lipinski definition) is 5. The molecule has 0 bridgehead atoms. The van der Waals surface area contributed by atoms with Crippen LogP contribution in [0.1, 0.15) is 37.8 Å². The quantitative estimate of drug-likeness (QED) is 0.695. The number of ether oxygens (including phenoxy) is 1. The summed E-state index contributed by atoms with van der Waals surface area (Å²) in [4.78, 5) is 16.4. The zero-order chi connectivity index (χ0) is 20.0. The monoisotopic (exact) mass is 392 g/mol. The van der Waals surface area contributed by atoms with Crippen LogP contribution in [0.25, 0.3) is 16.6 Å². The number of rotatable bonds is 5. The Morgan fingerprint density at radius 1 is 1.24 bits per heavy atom. The molecular formula is C22H24N4O3. The summed E-state index contributed by atoms with van der Waals surface area (Å²) in [6.07, 6.45) is 7.57. The van der Waals surface area contributed by atoms with E-state index in [1.54, 1.807) is 10.7 Å². The van der Waals surface area contributed by atoms with Crippen molar-refractivity contribution in [1.82, 2.24) is 14.6 Å². The van der Waals surface area contributed by atoms with E-state index in [0.717, 1.165) is 53.8 Å². The number of aromatic nitrogens is 3. The van der Waals surface area contributed by atoms with Gasteiger partial charge >= 0.3 is 0 Å². The molecule has 2 N–H and O–H groups in total. The van der Waals surface area contributed by atoms with Crippen LogP contribution in [0.5, 0.6) is 5.75 Å². The SMILES string of the molecule is Cc1cc(-c2ccn3nc(NC(=O)C4CC4)cc3c2)c(O[C@@H]2CC[C@@H](O)C2)cn1. The van der Waals surface area contributed by atoms with Crippen LogP contribution in [0, 0.1) is 12.8 Å². The molecule has 3 heterocycles. The Balaban J connectivity index is 1.44. The Kier molecular flexibility index (Phi) is 4.47. The van der Waals surface area contributed by atoms with Gasteiger partial charge in [-0.2, -0.15) is 5.10 Å². The lowest BCUT2D eigenvalue weighted by Crippen LogP contribution is -2.14. The van der Waals surface area contributed by atoms with Crippen molar-refractivity contribution in [3.05, 3.63) is 42.4 Å². The highest BCUT2D eigenvalue weighted by molar-refractivity contribution is 5.93. The van der Waals surface area contributed by atoms with Gasteiger partial charge in [-0.25, -0.2) is 4.52 Å². The highest BCUT2D eigenvalue weighted by Crippen LogP contribution is 2.34. The lowest BCUT2D eigenvalue weighted by Gasteiger charge is -2.17. The van der Waals surface area contributed by atoms with Gasteiger partial charge in [-0.3, -0.25) is 9.78 Å². The number of nitrogens with zero attached hydrogens (tertiary/aromatic N) is 3. The summed E-state index contributed by atoms with van der Waals surface area (Å²) < 4.78 is 7.95. The average Bonchev–Trinajstić information content (AvgIpc) is 3.36. The molecule has 29 heavy (non-hydrogen) atoms. The van der Waals surface area contributed by atoms with Gasteiger partial charge in [0.2, 0.25) is 5.91 Å². The van der Waals surface area contributed by atoms with Gasteiger partial charge in [-0.1, -0.05) is 0 Å². The number of pyridine rings is 2. The van der Waals surface area contributed by atoms with Crippen LogP contribution in [0.4, 0.5) is 5.82 Å². The summed E-state index contributed by atoms with van der Waals surface area (Å²) in [6, 6.07) is 7.91. The summed E-state index contributed by atoms with van der Waals surface area (Å²) in [7, 11) is 0. The maximum atomic E-state index is 12.0. The highest BCUT2D eigenvalue weighted by atomic mass is 16.5. The second kappa shape index (κ2) is 7.15. The van der Waals surface area contributed by atoms with E-state index in [2.05, 4.69) is 15.4 Å². The number of carbonyl (C=O) groups is 1. The minimum Gasteiger partial charge on any atom is -0.488 e. The molecule has 0 aliphatic heterocycles. The summed E-state index contributed by atoms with van der Waals surface area (Å²) >= 11 is 0. The van der Waals surface area contributed by atoms with E-state index in [0.29, 0.717) is 12.2 Å². The second-order valence-electron chi connectivity index (χ2n) is 8.11. The summed E-state index contributed by atoms with van der Waals surface area (Å²) in [5.74, 6) is 1.49. The number of aryl methyl sites for hydroxylation is 1. The molecule has 0 spiro atoms. The van der Waals surface area contributed by atoms with Gasteiger partial charge in [-0.15, -0.1) is 0 Å². The minimum absolute atomic E-state index is 0.0104. The summed E-state index contributed by atoms with van der Waals surface area (Å²) in [6.45, 7) is 1.95. The summed E-state index contributed by atoms with van der Waals surface area (Å²) in [5, 5.41) is 17.1. The number of amides is 1. The zero-order valence-corrected chi connectivity index (χ0v) is 16.3. The van der Waals surface area contributed by atoms with Crippen LogP contribution in [-0.4, -0.2) is 37.8 Å². The van der Waals surface area contributed by atoms with Crippen LogP contribution < -0.4 is 10.1 Å². The van der Waals surface area contributed by atoms with Crippen LogP contribution >= 0.6 is 0 Å². The van der Waals surface area contributed by atoms with Crippen molar-refractivity contribution < 1.29 is 14.6 Å². The number of anilines is 1. The van der Waals surface area contributed by atoms with E-state index < -0.39 is 0 Å². The third-order valence-electron chi connectivity index (χ3n) is 5.63. The van der Waals surface area contributed by atoms with Gasteiger partial charge in [0.1, 0.15) is 11.9 Å². The molecule has 0 aromatic carbocycles. The van der Waals surface area contributed by atoms with Gasteiger partial charge in [0.25, 0.3) is 0 Å². The Labute approximate surface area is 168 Å². The van der Waals surface area contributed by atoms with Crippen LogP contribution in [0.15, 0.2) is 36.7 Å². The number of aliphatic hydroxyl groups is 1. The van der Waals surface area contributed by atoms with E-state index in [1.807, 2.05) is 37.4 Å². The normalized spacial score (nSPS) is 21.4. The Hall–Kier alpha value is -2.93. The summed E-state index contributed by atoms with van der Waals surface area (Å²) in [5.41, 5.74) is 3.76. The first-order chi connectivity index (χ1) is 14.0. The van der Waals surface area contributed by atoms with Gasteiger partial charge in [0.05, 0.1) is 17.8 Å². The van der Waals surface area contributed by atoms with Crippen molar-refractivity contribution in [2.24, 2.45) is 5.92 Å². The Bertz CT molecular complexity index is 1070. The topological polar surface area (TPSA) is 88.8 Å². The molecule has 0 saturated heterocycles. The number of nitrogens with one attached hydrogen (secondary N) is 1. The van der Waals surface area contributed by atoms with E-state index in [1.165, 1.54) is 0 Å². The molecule has 2 fully saturated rings. The lowest BCUT2D eigenvalue weighted by atomic mass is 10.1. The van der Waals surface area contributed by atoms with Crippen LogP contribution in [-0.2, 0) is 4.79 Å². The molecule has 150 valence electrons. The third kappa shape index (κ3) is 3.82. The largest absolute Gasteiger partial charge is 0.488 e. The number of fused-ring (bicyclic) bond motifs is 1. The Morgan fingerprint density at radius 2 is 2.10 bits per heavy atom. The first-order valence-electron chi connectivity index (χ1n) is 10.2. The van der Waals surface area contributed by atoms with Crippen molar-refractivity contribution in [3.63, 3.8) is 0 Å². The first-order valence-corrected chi connectivity index (χ1v) is 10.2. The molecule has 7 nitrogen and oxygen atoms in total. The van der Waals surface area contributed by atoms with Crippen molar-refractivity contribution in [1.29, 1.82) is 0 Å². The predicted molar refractivity (Wildman–Crippen MR) is 109 cm³/mol. The maximum absolute atomic E-state index is 12.0. The molecule has 0 unspecified atom stereocenters. The van der Waals surface area contributed by atoms with E-state index in [9.17, 15) is 9.90 Å². The zero-order valence-electron chi connectivity index (χ0n) is 16.3. The maximum Gasteiger partial charge on any atom is 0.228 e. The second-order valence-corrected chi connectivity index (χ2v) is 8.11. The molecule has 2 aliphatic carbocycles. The lowest BCUT2D eigenvalue weighted by molar-refractivity contribution is -0.117. The van der Waals surface area contributed by atoms with Gasteiger partial charge < -0.3 is 15.2 Å². The smallest absolute Gasteiger partial charge is 0.228 e. The van der Waals surface area contributed by atoms with Gasteiger partial charge in [0.15, 0.2) is 5.82 Å². The molecule has 2 aliphatic rings. The predicted octanol–water partition coefficient (Wildman–Crippen LogP) is 3.35. The van der Waals surface area contributed by atoms with E-state index in [4.69, 9.17) is 4.74 Å². The molecule has 5 rings (SSSR count). The van der Waals surface area contributed by atoms with E-state index in [-0.39, 0.29) is 24.0 Å². The minimum atomic E-state index is -0.283. The highest BCUT2D eigenvalue weighted by Gasteiger charge is 2.30. The molecular weight excluding hydrogens is 368 g/mol. The average molecular weight is 392 g/mol. The number of carbonyl (C=O) groups excluding carboxylic acids is 1. The van der Waals surface area contributed by atoms with Crippen molar-refractivity contribution in [3.8, 4) is 16.9 Å².